The zero-order chi connectivity index (χ0) is 14.7. The minimum absolute atomic E-state index is 0.195. The summed E-state index contributed by atoms with van der Waals surface area (Å²) in [6, 6.07) is 15.8. The Morgan fingerprint density at radius 1 is 1.19 bits per heavy atom. The second-order valence-corrected chi connectivity index (χ2v) is 7.52. The predicted molar refractivity (Wildman–Crippen MR) is 90.9 cm³/mol. The summed E-state index contributed by atoms with van der Waals surface area (Å²) in [6.07, 6.45) is 1.15. The molecule has 0 bridgehead atoms. The molecule has 2 aromatic rings. The molecule has 1 N–H and O–H groups in total. The molecule has 0 spiro atoms. The lowest BCUT2D eigenvalue weighted by atomic mass is 9.94. The van der Waals surface area contributed by atoms with Crippen LogP contribution in [0.3, 0.4) is 0 Å². The Kier molecular flexibility index (Phi) is 4.43. The third-order valence-corrected chi connectivity index (χ3v) is 5.16. The van der Waals surface area contributed by atoms with Crippen LogP contribution in [0.5, 0.6) is 0 Å². The van der Waals surface area contributed by atoms with E-state index >= 15 is 0 Å². The zero-order valence-electron chi connectivity index (χ0n) is 12.9. The van der Waals surface area contributed by atoms with Gasteiger partial charge in [0.25, 0.3) is 0 Å². The molecule has 0 amide bonds. The standard InChI is InChI=1S/C18H24N2S/c1-18(2)14-20(11-10-16-9-6-12-21-16)17(13-19-18)15-7-4-3-5-8-15/h3-9,12,17,19H,10-11,13-14H2,1-2H3. The second-order valence-electron chi connectivity index (χ2n) is 6.49. The summed E-state index contributed by atoms with van der Waals surface area (Å²) in [5, 5.41) is 5.86. The molecule has 0 saturated carbocycles. The average Bonchev–Trinajstić information content (AvgIpc) is 2.98. The molecule has 3 heteroatoms. The van der Waals surface area contributed by atoms with Gasteiger partial charge in [-0.2, -0.15) is 0 Å². The zero-order valence-corrected chi connectivity index (χ0v) is 13.7. The van der Waals surface area contributed by atoms with Crippen LogP contribution in [0.1, 0.15) is 30.3 Å². The number of hydrogen-bond donors (Lipinski definition) is 1. The molecule has 112 valence electrons. The first kappa shape index (κ1) is 14.8. The van der Waals surface area contributed by atoms with Crippen LogP contribution < -0.4 is 5.32 Å². The van der Waals surface area contributed by atoms with Gasteiger partial charge in [0, 0.05) is 36.1 Å². The minimum Gasteiger partial charge on any atom is -0.309 e. The van der Waals surface area contributed by atoms with E-state index in [-0.39, 0.29) is 5.54 Å². The predicted octanol–water partition coefficient (Wildman–Crippen LogP) is 3.72. The van der Waals surface area contributed by atoms with Crippen LogP contribution in [0, 0.1) is 0 Å². The summed E-state index contributed by atoms with van der Waals surface area (Å²) in [4.78, 5) is 4.13. The van der Waals surface area contributed by atoms with Crippen LogP contribution in [0.2, 0.25) is 0 Å². The van der Waals surface area contributed by atoms with E-state index in [2.05, 4.69) is 71.9 Å². The Morgan fingerprint density at radius 2 is 2.00 bits per heavy atom. The van der Waals surface area contributed by atoms with Crippen molar-refractivity contribution in [3.63, 3.8) is 0 Å². The van der Waals surface area contributed by atoms with Crippen LogP contribution in [0.15, 0.2) is 47.8 Å². The van der Waals surface area contributed by atoms with E-state index in [1.165, 1.54) is 10.4 Å². The summed E-state index contributed by atoms with van der Waals surface area (Å²) < 4.78 is 0. The Labute approximate surface area is 131 Å². The summed E-state index contributed by atoms with van der Waals surface area (Å²) in [5.74, 6) is 0. The van der Waals surface area contributed by atoms with Crippen LogP contribution in [0.25, 0.3) is 0 Å². The van der Waals surface area contributed by atoms with Crippen molar-refractivity contribution in [3.8, 4) is 0 Å². The maximum absolute atomic E-state index is 3.69. The van der Waals surface area contributed by atoms with Gasteiger partial charge in [-0.25, -0.2) is 0 Å². The second kappa shape index (κ2) is 6.30. The van der Waals surface area contributed by atoms with Crippen LogP contribution in [-0.2, 0) is 6.42 Å². The Bertz CT molecular complexity index is 548. The molecule has 3 rings (SSSR count). The summed E-state index contributed by atoms with van der Waals surface area (Å²) in [6.45, 7) is 7.85. The third-order valence-electron chi connectivity index (χ3n) is 4.22. The monoisotopic (exact) mass is 300 g/mol. The van der Waals surface area contributed by atoms with E-state index in [1.54, 1.807) is 0 Å². The van der Waals surface area contributed by atoms with Crippen LogP contribution >= 0.6 is 11.3 Å². The molecular weight excluding hydrogens is 276 g/mol. The minimum atomic E-state index is 0.195. The van der Waals surface area contributed by atoms with Gasteiger partial charge < -0.3 is 5.32 Å². The van der Waals surface area contributed by atoms with Crippen LogP contribution in [-0.4, -0.2) is 30.1 Å². The molecule has 1 saturated heterocycles. The molecule has 1 fully saturated rings. The summed E-state index contributed by atoms with van der Waals surface area (Å²) in [5.41, 5.74) is 1.62. The van der Waals surface area contributed by atoms with E-state index < -0.39 is 0 Å². The molecule has 1 aromatic heterocycles. The van der Waals surface area contributed by atoms with Crippen molar-refractivity contribution in [1.82, 2.24) is 10.2 Å². The highest BCUT2D eigenvalue weighted by atomic mass is 32.1. The SMILES string of the molecule is CC1(C)CN(CCc2cccs2)C(c2ccccc2)CN1. The number of benzene rings is 1. The highest BCUT2D eigenvalue weighted by molar-refractivity contribution is 7.09. The van der Waals surface area contributed by atoms with Crippen molar-refractivity contribution in [1.29, 1.82) is 0 Å². The fourth-order valence-corrected chi connectivity index (χ4v) is 3.82. The highest BCUT2D eigenvalue weighted by Gasteiger charge is 2.32. The van der Waals surface area contributed by atoms with Gasteiger partial charge in [-0.3, -0.25) is 4.90 Å². The van der Waals surface area contributed by atoms with E-state index in [0.717, 1.165) is 26.1 Å². The average molecular weight is 300 g/mol. The molecule has 1 aliphatic heterocycles. The molecule has 0 radical (unpaired) electrons. The van der Waals surface area contributed by atoms with Gasteiger partial charge in [0.1, 0.15) is 0 Å². The van der Waals surface area contributed by atoms with Crippen molar-refractivity contribution in [2.45, 2.75) is 31.8 Å². The fraction of sp³-hybridized carbons (Fsp3) is 0.444. The molecule has 1 aromatic carbocycles. The summed E-state index contributed by atoms with van der Waals surface area (Å²) >= 11 is 1.87. The van der Waals surface area contributed by atoms with Crippen molar-refractivity contribution in [2.24, 2.45) is 0 Å². The number of nitrogens with zero attached hydrogens (tertiary/aromatic N) is 1. The van der Waals surface area contributed by atoms with Gasteiger partial charge >= 0.3 is 0 Å². The smallest absolute Gasteiger partial charge is 0.0473 e. The van der Waals surface area contributed by atoms with Gasteiger partial charge in [-0.05, 0) is 37.3 Å². The Balaban J connectivity index is 1.74. The van der Waals surface area contributed by atoms with E-state index in [0.29, 0.717) is 6.04 Å². The number of nitrogens with one attached hydrogen (secondary N) is 1. The summed E-state index contributed by atoms with van der Waals surface area (Å²) in [7, 11) is 0. The molecule has 1 unspecified atom stereocenters. The van der Waals surface area contributed by atoms with Crippen molar-refractivity contribution >= 4 is 11.3 Å². The molecule has 1 aliphatic rings. The van der Waals surface area contributed by atoms with Crippen molar-refractivity contribution in [3.05, 3.63) is 58.3 Å². The molecular formula is C18H24N2S. The molecule has 2 heterocycles. The highest BCUT2D eigenvalue weighted by Crippen LogP contribution is 2.27. The maximum atomic E-state index is 3.69. The van der Waals surface area contributed by atoms with Gasteiger partial charge in [-0.1, -0.05) is 36.4 Å². The van der Waals surface area contributed by atoms with Gasteiger partial charge in [-0.15, -0.1) is 11.3 Å². The Hall–Kier alpha value is -1.16. The van der Waals surface area contributed by atoms with E-state index in [9.17, 15) is 0 Å². The first-order valence-electron chi connectivity index (χ1n) is 7.70. The number of hydrogen-bond acceptors (Lipinski definition) is 3. The third kappa shape index (κ3) is 3.73. The van der Waals surface area contributed by atoms with Gasteiger partial charge in [0.05, 0.1) is 0 Å². The number of piperazine rings is 1. The first-order chi connectivity index (χ1) is 10.1. The largest absolute Gasteiger partial charge is 0.309 e. The van der Waals surface area contributed by atoms with Gasteiger partial charge in [0.15, 0.2) is 0 Å². The van der Waals surface area contributed by atoms with E-state index in [1.807, 2.05) is 11.3 Å². The molecule has 21 heavy (non-hydrogen) atoms. The first-order valence-corrected chi connectivity index (χ1v) is 8.58. The molecule has 0 aliphatic carbocycles. The topological polar surface area (TPSA) is 15.3 Å². The quantitative estimate of drug-likeness (QED) is 0.926. The number of thiophene rings is 1. The lowest BCUT2D eigenvalue weighted by Crippen LogP contribution is -2.58. The molecule has 1 atom stereocenters. The fourth-order valence-electron chi connectivity index (χ4n) is 3.12. The maximum Gasteiger partial charge on any atom is 0.0473 e. The lowest BCUT2D eigenvalue weighted by molar-refractivity contribution is 0.0965. The van der Waals surface area contributed by atoms with E-state index in [4.69, 9.17) is 0 Å². The Morgan fingerprint density at radius 3 is 2.71 bits per heavy atom. The normalized spacial score (nSPS) is 22.3. The van der Waals surface area contributed by atoms with Gasteiger partial charge in [0.2, 0.25) is 0 Å². The van der Waals surface area contributed by atoms with Crippen molar-refractivity contribution in [2.75, 3.05) is 19.6 Å². The van der Waals surface area contributed by atoms with Crippen LogP contribution in [0.4, 0.5) is 0 Å². The van der Waals surface area contributed by atoms with Crippen molar-refractivity contribution < 1.29 is 0 Å². The number of rotatable bonds is 4. The lowest BCUT2D eigenvalue weighted by Gasteiger charge is -2.45. The molecule has 2 nitrogen and oxygen atoms in total.